The SMILES string of the molecule is CCOc1cncc(-c2nnc(C(=O)O)s2)n1. The quantitative estimate of drug-likeness (QED) is 0.869. The zero-order valence-corrected chi connectivity index (χ0v) is 9.64. The van der Waals surface area contributed by atoms with Crippen molar-refractivity contribution in [3.8, 4) is 16.6 Å². The van der Waals surface area contributed by atoms with Gasteiger partial charge in [0.25, 0.3) is 0 Å². The van der Waals surface area contributed by atoms with Crippen molar-refractivity contribution in [3.63, 3.8) is 0 Å². The van der Waals surface area contributed by atoms with Gasteiger partial charge in [0, 0.05) is 0 Å². The normalized spacial score (nSPS) is 10.2. The van der Waals surface area contributed by atoms with Crippen LogP contribution in [0.2, 0.25) is 0 Å². The van der Waals surface area contributed by atoms with E-state index in [-0.39, 0.29) is 5.01 Å². The van der Waals surface area contributed by atoms with E-state index in [1.54, 1.807) is 0 Å². The van der Waals surface area contributed by atoms with Crippen molar-refractivity contribution in [3.05, 3.63) is 17.4 Å². The predicted octanol–water partition coefficient (Wildman–Crippen LogP) is 1.09. The Morgan fingerprint density at radius 2 is 2.29 bits per heavy atom. The van der Waals surface area contributed by atoms with Gasteiger partial charge in [0.15, 0.2) is 5.01 Å². The number of ether oxygens (including phenoxy) is 1. The largest absolute Gasteiger partial charge is 0.477 e. The van der Waals surface area contributed by atoms with E-state index in [1.807, 2.05) is 6.92 Å². The van der Waals surface area contributed by atoms with Crippen LogP contribution < -0.4 is 4.74 Å². The maximum atomic E-state index is 10.7. The minimum absolute atomic E-state index is 0.0800. The number of carboxylic acid groups (broad SMARTS) is 1. The Kier molecular flexibility index (Phi) is 3.24. The Labute approximate surface area is 100 Å². The van der Waals surface area contributed by atoms with Gasteiger partial charge >= 0.3 is 5.97 Å². The van der Waals surface area contributed by atoms with E-state index in [9.17, 15) is 4.79 Å². The molecule has 7 nitrogen and oxygen atoms in total. The summed E-state index contributed by atoms with van der Waals surface area (Å²) >= 11 is 0.941. The van der Waals surface area contributed by atoms with Gasteiger partial charge in [0.2, 0.25) is 10.9 Å². The number of aromatic carboxylic acids is 1. The van der Waals surface area contributed by atoms with Crippen LogP contribution in [0.4, 0.5) is 0 Å². The lowest BCUT2D eigenvalue weighted by atomic mass is 10.5. The molecule has 0 spiro atoms. The van der Waals surface area contributed by atoms with Crippen LogP contribution in [0.3, 0.4) is 0 Å². The highest BCUT2D eigenvalue weighted by atomic mass is 32.1. The van der Waals surface area contributed by atoms with E-state index in [0.717, 1.165) is 11.3 Å². The maximum Gasteiger partial charge on any atom is 0.367 e. The standard InChI is InChI=1S/C9H8N4O3S/c1-2-16-6-4-10-3-5(11-6)7-12-13-8(17-7)9(14)15/h3-4H,2H2,1H3,(H,14,15). The zero-order chi connectivity index (χ0) is 12.3. The highest BCUT2D eigenvalue weighted by Gasteiger charge is 2.13. The van der Waals surface area contributed by atoms with Gasteiger partial charge in [0.05, 0.1) is 19.0 Å². The number of rotatable bonds is 4. The van der Waals surface area contributed by atoms with Crippen LogP contribution in [0, 0.1) is 0 Å². The van der Waals surface area contributed by atoms with Crippen LogP contribution in [0.25, 0.3) is 10.7 Å². The molecule has 0 bridgehead atoms. The molecule has 0 radical (unpaired) electrons. The Bertz CT molecular complexity index is 543. The first-order valence-corrected chi connectivity index (χ1v) is 5.54. The first-order valence-electron chi connectivity index (χ1n) is 4.72. The second-order valence-electron chi connectivity index (χ2n) is 2.89. The van der Waals surface area contributed by atoms with E-state index in [0.29, 0.717) is 23.2 Å². The molecule has 2 rings (SSSR count). The average Bonchev–Trinajstić information content (AvgIpc) is 2.79. The summed E-state index contributed by atoms with van der Waals surface area (Å²) in [5, 5.41) is 16.3. The second kappa shape index (κ2) is 4.83. The van der Waals surface area contributed by atoms with Gasteiger partial charge in [-0.15, -0.1) is 10.2 Å². The Morgan fingerprint density at radius 3 is 2.94 bits per heavy atom. The van der Waals surface area contributed by atoms with Crippen molar-refractivity contribution in [2.75, 3.05) is 6.61 Å². The minimum Gasteiger partial charge on any atom is -0.477 e. The lowest BCUT2D eigenvalue weighted by molar-refractivity contribution is 0.0695. The summed E-state index contributed by atoms with van der Waals surface area (Å²) < 4.78 is 5.19. The smallest absolute Gasteiger partial charge is 0.367 e. The van der Waals surface area contributed by atoms with Crippen molar-refractivity contribution in [2.45, 2.75) is 6.92 Å². The molecule has 0 atom stereocenters. The molecule has 8 heteroatoms. The van der Waals surface area contributed by atoms with Crippen molar-refractivity contribution < 1.29 is 14.6 Å². The average molecular weight is 252 g/mol. The Morgan fingerprint density at radius 1 is 1.47 bits per heavy atom. The number of hydrogen-bond donors (Lipinski definition) is 1. The molecule has 2 heterocycles. The summed E-state index contributed by atoms with van der Waals surface area (Å²) in [4.78, 5) is 18.7. The first-order chi connectivity index (χ1) is 8.20. The fourth-order valence-electron chi connectivity index (χ4n) is 1.08. The molecule has 0 fully saturated rings. The molecule has 88 valence electrons. The van der Waals surface area contributed by atoms with Gasteiger partial charge in [-0.2, -0.15) is 0 Å². The number of hydrogen-bond acceptors (Lipinski definition) is 7. The zero-order valence-electron chi connectivity index (χ0n) is 8.82. The summed E-state index contributed by atoms with van der Waals surface area (Å²) in [6.45, 7) is 2.32. The van der Waals surface area contributed by atoms with Gasteiger partial charge in [-0.05, 0) is 6.92 Å². The first kappa shape index (κ1) is 11.4. The number of nitrogens with zero attached hydrogens (tertiary/aromatic N) is 4. The van der Waals surface area contributed by atoms with Gasteiger partial charge in [-0.25, -0.2) is 9.78 Å². The number of carboxylic acids is 1. The second-order valence-corrected chi connectivity index (χ2v) is 3.87. The van der Waals surface area contributed by atoms with Gasteiger partial charge < -0.3 is 9.84 Å². The molecule has 0 amide bonds. The Balaban J connectivity index is 2.31. The lowest BCUT2D eigenvalue weighted by Crippen LogP contribution is -1.96. The number of carbonyl (C=O) groups is 1. The highest BCUT2D eigenvalue weighted by Crippen LogP contribution is 2.22. The minimum atomic E-state index is -1.11. The van der Waals surface area contributed by atoms with Gasteiger partial charge in [-0.1, -0.05) is 11.3 Å². The fraction of sp³-hybridized carbons (Fsp3) is 0.222. The molecule has 0 aliphatic rings. The summed E-state index contributed by atoms with van der Waals surface area (Å²) in [6.07, 6.45) is 2.96. The van der Waals surface area contributed by atoms with Crippen LogP contribution >= 0.6 is 11.3 Å². The summed E-state index contributed by atoms with van der Waals surface area (Å²) in [6, 6.07) is 0. The van der Waals surface area contributed by atoms with Crippen molar-refractivity contribution >= 4 is 17.3 Å². The molecule has 0 saturated heterocycles. The molecular formula is C9H8N4O3S. The predicted molar refractivity (Wildman–Crippen MR) is 59.1 cm³/mol. The van der Waals surface area contributed by atoms with Crippen LogP contribution in [-0.4, -0.2) is 37.8 Å². The topological polar surface area (TPSA) is 98.1 Å². The number of aromatic nitrogens is 4. The monoisotopic (exact) mass is 252 g/mol. The van der Waals surface area contributed by atoms with Crippen LogP contribution in [-0.2, 0) is 0 Å². The lowest BCUT2D eigenvalue weighted by Gasteiger charge is -2.01. The van der Waals surface area contributed by atoms with Gasteiger partial charge in [0.1, 0.15) is 5.69 Å². The summed E-state index contributed by atoms with van der Waals surface area (Å²) in [7, 11) is 0. The third-order valence-electron chi connectivity index (χ3n) is 1.73. The van der Waals surface area contributed by atoms with Crippen molar-refractivity contribution in [1.82, 2.24) is 20.2 Å². The summed E-state index contributed by atoms with van der Waals surface area (Å²) in [5.41, 5.74) is 0.445. The van der Waals surface area contributed by atoms with Gasteiger partial charge in [-0.3, -0.25) is 4.98 Å². The van der Waals surface area contributed by atoms with Crippen LogP contribution in [0.15, 0.2) is 12.4 Å². The molecule has 0 unspecified atom stereocenters. The molecule has 0 saturated carbocycles. The molecule has 2 aromatic heterocycles. The Hall–Kier alpha value is -2.09. The fourth-order valence-corrected chi connectivity index (χ4v) is 1.72. The van der Waals surface area contributed by atoms with Crippen LogP contribution in [0.1, 0.15) is 16.7 Å². The molecule has 0 aliphatic carbocycles. The highest BCUT2D eigenvalue weighted by molar-refractivity contribution is 7.16. The third-order valence-corrected chi connectivity index (χ3v) is 2.67. The van der Waals surface area contributed by atoms with Crippen molar-refractivity contribution in [2.24, 2.45) is 0 Å². The van der Waals surface area contributed by atoms with E-state index in [2.05, 4.69) is 20.2 Å². The molecule has 1 N–H and O–H groups in total. The summed E-state index contributed by atoms with van der Waals surface area (Å²) in [5.74, 6) is -0.736. The molecule has 0 aliphatic heterocycles. The van der Waals surface area contributed by atoms with E-state index < -0.39 is 5.97 Å². The maximum absolute atomic E-state index is 10.7. The molecular weight excluding hydrogens is 244 g/mol. The molecule has 17 heavy (non-hydrogen) atoms. The van der Waals surface area contributed by atoms with E-state index >= 15 is 0 Å². The molecule has 0 aromatic carbocycles. The third kappa shape index (κ3) is 2.53. The van der Waals surface area contributed by atoms with E-state index in [4.69, 9.17) is 9.84 Å². The van der Waals surface area contributed by atoms with Crippen molar-refractivity contribution in [1.29, 1.82) is 0 Å². The van der Waals surface area contributed by atoms with Crippen LogP contribution in [0.5, 0.6) is 5.88 Å². The molecule has 2 aromatic rings. The van der Waals surface area contributed by atoms with E-state index in [1.165, 1.54) is 12.4 Å².